The zero-order valence-corrected chi connectivity index (χ0v) is 17.8. The van der Waals surface area contributed by atoms with E-state index in [1.807, 2.05) is 6.92 Å². The highest BCUT2D eigenvalue weighted by atomic mass is 16.2. The van der Waals surface area contributed by atoms with Crippen LogP contribution < -0.4 is 5.32 Å². The smallest absolute Gasteiger partial charge is 0.226 e. The van der Waals surface area contributed by atoms with Crippen molar-refractivity contribution in [2.45, 2.75) is 70.8 Å². The Morgan fingerprint density at radius 3 is 2.52 bits per heavy atom. The number of amides is 1. The van der Waals surface area contributed by atoms with Gasteiger partial charge in [-0.05, 0) is 87.7 Å². The van der Waals surface area contributed by atoms with Gasteiger partial charge in [0, 0.05) is 18.8 Å². The molecule has 1 heterocycles. The van der Waals surface area contributed by atoms with Gasteiger partial charge in [0.1, 0.15) is 0 Å². The third kappa shape index (κ3) is 3.31. The Bertz CT molecular complexity index is 886. The lowest BCUT2D eigenvalue weighted by Crippen LogP contribution is -2.59. The monoisotopic (exact) mass is 391 g/mol. The Labute approximate surface area is 174 Å². The molecule has 1 N–H and O–H groups in total. The minimum atomic E-state index is -0.141. The second kappa shape index (κ2) is 7.00. The summed E-state index contributed by atoms with van der Waals surface area (Å²) in [5.41, 5.74) is 3.81. The van der Waals surface area contributed by atoms with Crippen LogP contribution in [0.4, 0.5) is 0 Å². The number of benzene rings is 1. The number of aryl methyl sites for hydroxylation is 3. The van der Waals surface area contributed by atoms with Gasteiger partial charge in [0.25, 0.3) is 0 Å². The molecule has 2 atom stereocenters. The van der Waals surface area contributed by atoms with Gasteiger partial charge in [-0.15, -0.1) is 0 Å². The predicted molar refractivity (Wildman–Crippen MR) is 115 cm³/mol. The summed E-state index contributed by atoms with van der Waals surface area (Å²) in [7, 11) is 0. The summed E-state index contributed by atoms with van der Waals surface area (Å²) < 4.78 is 2.05. The zero-order valence-electron chi connectivity index (χ0n) is 17.8. The van der Waals surface area contributed by atoms with Crippen molar-refractivity contribution in [3.63, 3.8) is 0 Å². The van der Waals surface area contributed by atoms with E-state index in [0.29, 0.717) is 5.91 Å². The molecule has 1 amide bonds. The number of nitrogens with one attached hydrogen (secondary N) is 1. The molecule has 0 radical (unpaired) electrons. The van der Waals surface area contributed by atoms with Crippen molar-refractivity contribution >= 4 is 5.91 Å². The van der Waals surface area contributed by atoms with E-state index in [0.717, 1.165) is 56.3 Å². The average molecular weight is 392 g/mol. The van der Waals surface area contributed by atoms with Gasteiger partial charge in [0.05, 0.1) is 11.1 Å². The lowest BCUT2D eigenvalue weighted by molar-refractivity contribution is -0.149. The van der Waals surface area contributed by atoms with Gasteiger partial charge in [-0.25, -0.2) is 0 Å². The van der Waals surface area contributed by atoms with E-state index in [9.17, 15) is 4.79 Å². The maximum absolute atomic E-state index is 13.4. The summed E-state index contributed by atoms with van der Waals surface area (Å²) in [5, 5.41) is 7.85. The highest BCUT2D eigenvalue weighted by molar-refractivity contribution is 5.83. The van der Waals surface area contributed by atoms with Gasteiger partial charge in [-0.1, -0.05) is 30.3 Å². The first-order valence-corrected chi connectivity index (χ1v) is 11.3. The molecule has 4 heteroatoms. The van der Waals surface area contributed by atoms with E-state index in [4.69, 9.17) is 0 Å². The molecule has 0 aliphatic heterocycles. The average Bonchev–Trinajstić information content (AvgIpc) is 3.02. The number of rotatable bonds is 6. The third-order valence-corrected chi connectivity index (χ3v) is 7.86. The normalized spacial score (nSPS) is 32.5. The largest absolute Gasteiger partial charge is 0.356 e. The first kappa shape index (κ1) is 18.9. The van der Waals surface area contributed by atoms with E-state index in [1.54, 1.807) is 0 Å². The van der Waals surface area contributed by atoms with E-state index in [1.165, 1.54) is 30.5 Å². The highest BCUT2D eigenvalue weighted by Crippen LogP contribution is 2.65. The Morgan fingerprint density at radius 2 is 1.86 bits per heavy atom. The van der Waals surface area contributed by atoms with E-state index in [2.05, 4.69) is 58.4 Å². The molecule has 29 heavy (non-hydrogen) atoms. The van der Waals surface area contributed by atoms with Crippen molar-refractivity contribution < 1.29 is 4.79 Å². The number of carbonyl (C=O) groups excluding carboxylic acids is 1. The third-order valence-electron chi connectivity index (χ3n) is 7.86. The molecule has 2 aromatic rings. The van der Waals surface area contributed by atoms with Crippen LogP contribution in [0.3, 0.4) is 0 Å². The van der Waals surface area contributed by atoms with Crippen molar-refractivity contribution in [3.8, 4) is 0 Å². The SMILES string of the molecule is Cc1cc(C)n(CCCNC(=O)C23CC4CC(C2)CC(c2ccccc2)(C4)C3)n1. The predicted octanol–water partition coefficient (Wildman–Crippen LogP) is 4.54. The van der Waals surface area contributed by atoms with Crippen molar-refractivity contribution in [2.24, 2.45) is 17.3 Å². The molecule has 0 spiro atoms. The van der Waals surface area contributed by atoms with Crippen LogP contribution in [0.1, 0.15) is 61.9 Å². The second-order valence-corrected chi connectivity index (χ2v) is 10.1. The molecule has 4 saturated carbocycles. The fourth-order valence-corrected chi connectivity index (χ4v) is 7.18. The Kier molecular flexibility index (Phi) is 4.56. The molecule has 6 rings (SSSR count). The van der Waals surface area contributed by atoms with Gasteiger partial charge >= 0.3 is 0 Å². The highest BCUT2D eigenvalue weighted by Gasteiger charge is 2.60. The van der Waals surface area contributed by atoms with Crippen LogP contribution in [0.5, 0.6) is 0 Å². The van der Waals surface area contributed by atoms with Crippen LogP contribution in [0, 0.1) is 31.1 Å². The van der Waals surface area contributed by atoms with Crippen molar-refractivity contribution in [1.29, 1.82) is 0 Å². The Hall–Kier alpha value is -2.10. The molecule has 4 bridgehead atoms. The second-order valence-electron chi connectivity index (χ2n) is 10.1. The quantitative estimate of drug-likeness (QED) is 0.735. The summed E-state index contributed by atoms with van der Waals surface area (Å²) in [5.74, 6) is 1.76. The van der Waals surface area contributed by atoms with Gasteiger partial charge in [-0.3, -0.25) is 9.48 Å². The molecule has 2 unspecified atom stereocenters. The minimum absolute atomic E-state index is 0.141. The summed E-state index contributed by atoms with van der Waals surface area (Å²) in [4.78, 5) is 13.4. The van der Waals surface area contributed by atoms with Crippen LogP contribution >= 0.6 is 0 Å². The van der Waals surface area contributed by atoms with Crippen molar-refractivity contribution in [1.82, 2.24) is 15.1 Å². The maximum Gasteiger partial charge on any atom is 0.226 e. The first-order chi connectivity index (χ1) is 14.0. The van der Waals surface area contributed by atoms with Gasteiger partial charge in [-0.2, -0.15) is 5.10 Å². The fraction of sp³-hybridized carbons (Fsp3) is 0.600. The van der Waals surface area contributed by atoms with E-state index >= 15 is 0 Å². The Morgan fingerprint density at radius 1 is 1.14 bits per heavy atom. The van der Waals surface area contributed by atoms with Crippen molar-refractivity contribution in [3.05, 3.63) is 53.3 Å². The lowest BCUT2D eigenvalue weighted by Gasteiger charge is -2.61. The van der Waals surface area contributed by atoms with Crippen LogP contribution in [-0.2, 0) is 16.8 Å². The summed E-state index contributed by atoms with van der Waals surface area (Å²) in [6.45, 7) is 5.73. The van der Waals surface area contributed by atoms with Crippen LogP contribution in [0.15, 0.2) is 36.4 Å². The molecule has 1 aromatic carbocycles. The summed E-state index contributed by atoms with van der Waals surface area (Å²) in [6, 6.07) is 13.1. The first-order valence-electron chi connectivity index (χ1n) is 11.3. The Balaban J connectivity index is 1.26. The molecule has 4 aliphatic rings. The standard InChI is InChI=1S/C25H33N3O/c1-18-11-19(2)28(27-18)10-6-9-26-23(29)25-15-20-12-21(16-25)14-24(13-20,17-25)22-7-4-3-5-8-22/h3-5,7-8,11,20-21H,6,9-10,12-17H2,1-2H3,(H,26,29). The molecular formula is C25H33N3O. The number of nitrogens with zero attached hydrogens (tertiary/aromatic N) is 2. The zero-order chi connectivity index (χ0) is 20.1. The topological polar surface area (TPSA) is 46.9 Å². The van der Waals surface area contributed by atoms with Crippen molar-refractivity contribution in [2.75, 3.05) is 6.54 Å². The fourth-order valence-electron chi connectivity index (χ4n) is 7.18. The molecular weight excluding hydrogens is 358 g/mol. The number of hydrogen-bond donors (Lipinski definition) is 1. The molecule has 4 fully saturated rings. The minimum Gasteiger partial charge on any atom is -0.356 e. The molecule has 1 aromatic heterocycles. The molecule has 4 aliphatic carbocycles. The number of carbonyl (C=O) groups is 1. The molecule has 0 saturated heterocycles. The summed E-state index contributed by atoms with van der Waals surface area (Å²) in [6.07, 6.45) is 8.06. The van der Waals surface area contributed by atoms with E-state index in [-0.39, 0.29) is 10.8 Å². The van der Waals surface area contributed by atoms with Gasteiger partial charge < -0.3 is 5.32 Å². The number of hydrogen-bond acceptors (Lipinski definition) is 2. The summed E-state index contributed by atoms with van der Waals surface area (Å²) >= 11 is 0. The van der Waals surface area contributed by atoms with Crippen LogP contribution in [0.2, 0.25) is 0 Å². The van der Waals surface area contributed by atoms with Gasteiger partial charge in [0.15, 0.2) is 0 Å². The van der Waals surface area contributed by atoms with Crippen LogP contribution in [0.25, 0.3) is 0 Å². The number of aromatic nitrogens is 2. The molecule has 4 nitrogen and oxygen atoms in total. The van der Waals surface area contributed by atoms with Crippen LogP contribution in [-0.4, -0.2) is 22.2 Å². The van der Waals surface area contributed by atoms with E-state index < -0.39 is 0 Å². The molecule has 154 valence electrons. The maximum atomic E-state index is 13.4. The lowest BCUT2D eigenvalue weighted by atomic mass is 9.42. The van der Waals surface area contributed by atoms with Gasteiger partial charge in [0.2, 0.25) is 5.91 Å².